The number of para-hydroxylation sites is 1. The van der Waals surface area contributed by atoms with Gasteiger partial charge in [0, 0.05) is 39.7 Å². The number of benzene rings is 8. The van der Waals surface area contributed by atoms with Gasteiger partial charge in [0.25, 0.3) is 0 Å². The van der Waals surface area contributed by atoms with Crippen LogP contribution in [0.1, 0.15) is 29.0 Å². The quantitative estimate of drug-likeness (QED) is 0.155. The standard InChI is InChI=1S/C53H40N2/c1-4-13-38(14-5-1)40-23-27-46(28-24-40)54(47-29-25-41(26-30-47)39-15-6-2-7-16-39)48-31-33-50-43(36-48)35-44-37-49(32-34-51(44)50)55(45-19-8-3-9-20-45)53-22-12-18-42-17-10-11-21-52(42)53/h1-15,17-34,36-37,39H,16,35H2. The van der Waals surface area contributed by atoms with Gasteiger partial charge in [0.1, 0.15) is 0 Å². The Morgan fingerprint density at radius 1 is 0.418 bits per heavy atom. The Morgan fingerprint density at radius 3 is 1.67 bits per heavy atom. The summed E-state index contributed by atoms with van der Waals surface area (Å²) in [6, 6.07) is 68.8. The smallest absolute Gasteiger partial charge is 0.0540 e. The third-order valence-electron chi connectivity index (χ3n) is 11.2. The van der Waals surface area contributed by atoms with Crippen molar-refractivity contribution in [1.82, 2.24) is 0 Å². The van der Waals surface area contributed by atoms with Crippen LogP contribution in [0.4, 0.5) is 34.1 Å². The molecule has 0 heterocycles. The predicted octanol–water partition coefficient (Wildman–Crippen LogP) is 14.6. The van der Waals surface area contributed by atoms with Crippen molar-refractivity contribution in [3.05, 3.63) is 229 Å². The van der Waals surface area contributed by atoms with Gasteiger partial charge >= 0.3 is 0 Å². The molecule has 0 N–H and O–H groups in total. The van der Waals surface area contributed by atoms with E-state index in [0.717, 1.165) is 41.3 Å². The fourth-order valence-corrected chi connectivity index (χ4v) is 8.45. The van der Waals surface area contributed by atoms with Crippen LogP contribution >= 0.6 is 0 Å². The third kappa shape index (κ3) is 6.22. The van der Waals surface area contributed by atoms with Gasteiger partial charge in [-0.3, -0.25) is 0 Å². The molecule has 10 rings (SSSR count). The summed E-state index contributed by atoms with van der Waals surface area (Å²) in [5.74, 6) is 0.416. The zero-order chi connectivity index (χ0) is 36.6. The summed E-state index contributed by atoms with van der Waals surface area (Å²) >= 11 is 0. The Hall–Kier alpha value is -6.90. The summed E-state index contributed by atoms with van der Waals surface area (Å²) in [5.41, 5.74) is 16.0. The zero-order valence-corrected chi connectivity index (χ0v) is 30.6. The fraction of sp³-hybridized carbons (Fsp3) is 0.0566. The molecule has 262 valence electrons. The Morgan fingerprint density at radius 2 is 0.982 bits per heavy atom. The Kier molecular flexibility index (Phi) is 8.42. The Labute approximate surface area is 323 Å². The zero-order valence-electron chi connectivity index (χ0n) is 30.6. The van der Waals surface area contributed by atoms with E-state index in [0.29, 0.717) is 5.92 Å². The fourth-order valence-electron chi connectivity index (χ4n) is 8.45. The van der Waals surface area contributed by atoms with Crippen molar-refractivity contribution >= 4 is 44.9 Å². The average Bonchev–Trinajstić information content (AvgIpc) is 3.63. The van der Waals surface area contributed by atoms with Crippen molar-refractivity contribution in [3.8, 4) is 22.3 Å². The van der Waals surface area contributed by atoms with E-state index in [4.69, 9.17) is 0 Å². The summed E-state index contributed by atoms with van der Waals surface area (Å²) in [4.78, 5) is 4.81. The number of anilines is 6. The Bertz CT molecular complexity index is 2690. The van der Waals surface area contributed by atoms with E-state index in [1.165, 1.54) is 55.4 Å². The van der Waals surface area contributed by atoms with E-state index in [-0.39, 0.29) is 0 Å². The van der Waals surface area contributed by atoms with Crippen molar-refractivity contribution < 1.29 is 0 Å². The Balaban J connectivity index is 1.02. The van der Waals surface area contributed by atoms with E-state index < -0.39 is 0 Å². The largest absolute Gasteiger partial charge is 0.310 e. The van der Waals surface area contributed by atoms with E-state index >= 15 is 0 Å². The minimum atomic E-state index is 0.416. The van der Waals surface area contributed by atoms with Crippen LogP contribution in [0.25, 0.3) is 33.0 Å². The second-order valence-electron chi connectivity index (χ2n) is 14.5. The molecule has 1 atom stereocenters. The molecule has 8 aromatic rings. The molecule has 0 radical (unpaired) electrons. The molecule has 55 heavy (non-hydrogen) atoms. The summed E-state index contributed by atoms with van der Waals surface area (Å²) in [6.07, 6.45) is 10.8. The van der Waals surface area contributed by atoms with Crippen LogP contribution in [0.3, 0.4) is 0 Å². The highest BCUT2D eigenvalue weighted by Crippen LogP contribution is 2.46. The molecule has 1 unspecified atom stereocenters. The van der Waals surface area contributed by atoms with Crippen LogP contribution in [0.2, 0.25) is 0 Å². The molecule has 0 aliphatic heterocycles. The summed E-state index contributed by atoms with van der Waals surface area (Å²) in [7, 11) is 0. The summed E-state index contributed by atoms with van der Waals surface area (Å²) in [5, 5.41) is 2.47. The number of hydrogen-bond donors (Lipinski definition) is 0. The van der Waals surface area contributed by atoms with Gasteiger partial charge in [-0.2, -0.15) is 0 Å². The maximum atomic E-state index is 2.41. The highest BCUT2D eigenvalue weighted by molar-refractivity contribution is 5.99. The summed E-state index contributed by atoms with van der Waals surface area (Å²) in [6.45, 7) is 0. The molecule has 0 spiro atoms. The lowest BCUT2D eigenvalue weighted by Gasteiger charge is -2.27. The van der Waals surface area contributed by atoms with E-state index in [1.54, 1.807) is 0 Å². The number of fused-ring (bicyclic) bond motifs is 4. The van der Waals surface area contributed by atoms with Gasteiger partial charge in [-0.15, -0.1) is 0 Å². The first-order chi connectivity index (χ1) is 27.3. The van der Waals surface area contributed by atoms with Crippen molar-refractivity contribution in [2.24, 2.45) is 0 Å². The summed E-state index contributed by atoms with van der Waals surface area (Å²) < 4.78 is 0. The number of rotatable bonds is 8. The number of nitrogens with zero attached hydrogens (tertiary/aromatic N) is 2. The van der Waals surface area contributed by atoms with Gasteiger partial charge in [0.2, 0.25) is 0 Å². The van der Waals surface area contributed by atoms with Gasteiger partial charge in [0.15, 0.2) is 0 Å². The van der Waals surface area contributed by atoms with Crippen LogP contribution < -0.4 is 9.80 Å². The first-order valence-electron chi connectivity index (χ1n) is 19.2. The normalized spacial score (nSPS) is 14.1. The maximum absolute atomic E-state index is 2.41. The third-order valence-corrected chi connectivity index (χ3v) is 11.2. The maximum Gasteiger partial charge on any atom is 0.0540 e. The average molecular weight is 705 g/mol. The second-order valence-corrected chi connectivity index (χ2v) is 14.5. The van der Waals surface area contributed by atoms with Crippen LogP contribution in [0.5, 0.6) is 0 Å². The molecule has 2 aliphatic rings. The van der Waals surface area contributed by atoms with E-state index in [2.05, 4.69) is 222 Å². The first kappa shape index (κ1) is 32.7. The van der Waals surface area contributed by atoms with Crippen molar-refractivity contribution in [2.45, 2.75) is 18.8 Å². The molecule has 0 bridgehead atoms. The molecule has 2 aliphatic carbocycles. The lowest BCUT2D eigenvalue weighted by Crippen LogP contribution is -2.10. The van der Waals surface area contributed by atoms with Gasteiger partial charge in [0.05, 0.1) is 5.69 Å². The van der Waals surface area contributed by atoms with E-state index in [9.17, 15) is 0 Å². The van der Waals surface area contributed by atoms with Gasteiger partial charge in [-0.25, -0.2) is 0 Å². The highest BCUT2D eigenvalue weighted by atomic mass is 15.1. The van der Waals surface area contributed by atoms with Crippen molar-refractivity contribution in [3.63, 3.8) is 0 Å². The molecule has 0 aromatic heterocycles. The second kappa shape index (κ2) is 14.2. The lowest BCUT2D eigenvalue weighted by molar-refractivity contribution is 0.854. The SMILES string of the molecule is C1=CCC(c2ccc(N(c3ccc(-c4ccccc4)cc3)c3ccc4c(c3)Cc3cc(N(c5ccccc5)c5cccc6ccccc56)ccc3-4)cc2)C=C1. The van der Waals surface area contributed by atoms with Crippen LogP contribution in [0, 0.1) is 0 Å². The van der Waals surface area contributed by atoms with E-state index in [1.807, 2.05) is 0 Å². The minimum Gasteiger partial charge on any atom is -0.310 e. The number of hydrogen-bond acceptors (Lipinski definition) is 2. The van der Waals surface area contributed by atoms with Crippen LogP contribution in [-0.2, 0) is 6.42 Å². The number of allylic oxidation sites excluding steroid dienone is 4. The van der Waals surface area contributed by atoms with Crippen LogP contribution in [0.15, 0.2) is 212 Å². The van der Waals surface area contributed by atoms with Gasteiger partial charge in [-0.05, 0) is 124 Å². The molecule has 0 saturated heterocycles. The lowest BCUT2D eigenvalue weighted by atomic mass is 9.92. The highest BCUT2D eigenvalue weighted by Gasteiger charge is 2.24. The van der Waals surface area contributed by atoms with Crippen molar-refractivity contribution in [1.29, 1.82) is 0 Å². The molecule has 2 nitrogen and oxygen atoms in total. The van der Waals surface area contributed by atoms with Crippen molar-refractivity contribution in [2.75, 3.05) is 9.80 Å². The molecule has 2 heteroatoms. The minimum absolute atomic E-state index is 0.416. The topological polar surface area (TPSA) is 6.48 Å². The molecule has 8 aromatic carbocycles. The van der Waals surface area contributed by atoms with Gasteiger partial charge < -0.3 is 9.80 Å². The molecular formula is C53H40N2. The molecule has 0 saturated carbocycles. The molecule has 0 amide bonds. The molecular weight excluding hydrogens is 665 g/mol. The molecule has 0 fully saturated rings. The predicted molar refractivity (Wildman–Crippen MR) is 233 cm³/mol. The first-order valence-corrected chi connectivity index (χ1v) is 19.2. The van der Waals surface area contributed by atoms with Gasteiger partial charge in [-0.1, -0.05) is 146 Å². The monoisotopic (exact) mass is 704 g/mol. The van der Waals surface area contributed by atoms with Crippen LogP contribution in [-0.4, -0.2) is 0 Å².